The molecule has 1 aliphatic carbocycles. The standard InChI is InChI=1S/C27H25N5O2S/c28-17-24-23(11-13-31-26(24)32-35(33,34)22-8-2-1-3-9-22)19-10-12-30-25(14-19)27(18-29)15-20-6-4-5-7-21(20)16-27/h1-14,17,28H,15-16,18,29H2,(H,31,32). The summed E-state index contributed by atoms with van der Waals surface area (Å²) in [5.41, 5.74) is 11.3. The van der Waals surface area contributed by atoms with E-state index in [9.17, 15) is 8.42 Å². The molecule has 0 amide bonds. The van der Waals surface area contributed by atoms with Crippen molar-refractivity contribution in [3.63, 3.8) is 0 Å². The number of nitrogens with zero attached hydrogens (tertiary/aromatic N) is 2. The summed E-state index contributed by atoms with van der Waals surface area (Å²) >= 11 is 0. The van der Waals surface area contributed by atoms with E-state index >= 15 is 0 Å². The van der Waals surface area contributed by atoms with Crippen LogP contribution >= 0.6 is 0 Å². The molecule has 1 aliphatic rings. The van der Waals surface area contributed by atoms with E-state index in [1.165, 1.54) is 29.5 Å². The van der Waals surface area contributed by atoms with E-state index in [4.69, 9.17) is 11.1 Å². The van der Waals surface area contributed by atoms with Crippen molar-refractivity contribution in [1.29, 1.82) is 5.41 Å². The first-order valence-electron chi connectivity index (χ1n) is 11.3. The third-order valence-corrected chi connectivity index (χ3v) is 7.95. The first-order valence-corrected chi connectivity index (χ1v) is 12.8. The second-order valence-electron chi connectivity index (χ2n) is 8.72. The zero-order valence-corrected chi connectivity index (χ0v) is 19.8. The minimum absolute atomic E-state index is 0.0986. The highest BCUT2D eigenvalue weighted by atomic mass is 32.2. The molecular weight excluding hydrogens is 458 g/mol. The summed E-state index contributed by atoms with van der Waals surface area (Å²) in [7, 11) is -3.86. The maximum absolute atomic E-state index is 12.9. The van der Waals surface area contributed by atoms with Gasteiger partial charge in [-0.15, -0.1) is 0 Å². The van der Waals surface area contributed by atoms with Crippen molar-refractivity contribution >= 4 is 22.1 Å². The van der Waals surface area contributed by atoms with Crippen molar-refractivity contribution in [3.05, 3.63) is 108 Å². The lowest BCUT2D eigenvalue weighted by molar-refractivity contribution is 0.450. The third kappa shape index (κ3) is 4.22. The smallest absolute Gasteiger partial charge is 0.263 e. The minimum Gasteiger partial charge on any atom is -0.330 e. The Morgan fingerprint density at radius 2 is 1.60 bits per heavy atom. The summed E-state index contributed by atoms with van der Waals surface area (Å²) in [5, 5.41) is 8.03. The summed E-state index contributed by atoms with van der Waals surface area (Å²) in [6.07, 6.45) is 6.02. The van der Waals surface area contributed by atoms with Crippen LogP contribution in [0.15, 0.2) is 90.1 Å². The number of fused-ring (bicyclic) bond motifs is 1. The summed E-state index contributed by atoms with van der Waals surface area (Å²) in [6.45, 7) is 0.452. The number of hydrogen-bond acceptors (Lipinski definition) is 6. The van der Waals surface area contributed by atoms with E-state index in [1.807, 2.05) is 24.3 Å². The van der Waals surface area contributed by atoms with E-state index in [2.05, 4.69) is 26.8 Å². The van der Waals surface area contributed by atoms with Gasteiger partial charge in [0.1, 0.15) is 5.82 Å². The maximum atomic E-state index is 12.9. The Labute approximate surface area is 204 Å². The molecule has 0 aliphatic heterocycles. The van der Waals surface area contributed by atoms with Gasteiger partial charge in [0.05, 0.1) is 4.90 Å². The zero-order chi connectivity index (χ0) is 24.5. The van der Waals surface area contributed by atoms with Crippen LogP contribution in [0.5, 0.6) is 0 Å². The lowest BCUT2D eigenvalue weighted by Crippen LogP contribution is -2.36. The van der Waals surface area contributed by atoms with E-state index in [-0.39, 0.29) is 16.1 Å². The van der Waals surface area contributed by atoms with Crippen LogP contribution in [-0.2, 0) is 28.3 Å². The quantitative estimate of drug-likeness (QED) is 0.344. The third-order valence-electron chi connectivity index (χ3n) is 6.60. The summed E-state index contributed by atoms with van der Waals surface area (Å²) in [4.78, 5) is 9.04. The Hall–Kier alpha value is -3.88. The van der Waals surface area contributed by atoms with Crippen molar-refractivity contribution in [2.75, 3.05) is 11.3 Å². The first kappa shape index (κ1) is 22.9. The predicted octanol–water partition coefficient (Wildman–Crippen LogP) is 3.94. The van der Waals surface area contributed by atoms with Crippen LogP contribution in [0.25, 0.3) is 11.1 Å². The number of anilines is 1. The van der Waals surface area contributed by atoms with Gasteiger partial charge in [-0.05, 0) is 65.4 Å². The number of benzene rings is 2. The molecule has 0 fully saturated rings. The number of nitrogens with one attached hydrogen (secondary N) is 2. The van der Waals surface area contributed by atoms with Crippen molar-refractivity contribution < 1.29 is 8.42 Å². The Balaban J connectivity index is 1.53. The molecule has 7 nitrogen and oxygen atoms in total. The van der Waals surface area contributed by atoms with Crippen LogP contribution in [0.1, 0.15) is 22.4 Å². The average molecular weight is 484 g/mol. The molecular formula is C27H25N5O2S. The molecule has 0 atom stereocenters. The van der Waals surface area contributed by atoms with E-state index < -0.39 is 10.0 Å². The molecule has 2 aromatic carbocycles. The number of sulfonamides is 1. The Morgan fingerprint density at radius 3 is 2.26 bits per heavy atom. The van der Waals surface area contributed by atoms with Gasteiger partial charge in [0, 0.05) is 41.8 Å². The van der Waals surface area contributed by atoms with Gasteiger partial charge in [-0.25, -0.2) is 13.4 Å². The molecule has 2 aromatic heterocycles. The highest BCUT2D eigenvalue weighted by Gasteiger charge is 2.39. The van der Waals surface area contributed by atoms with Crippen LogP contribution in [0.3, 0.4) is 0 Å². The van der Waals surface area contributed by atoms with Gasteiger partial charge in [-0.2, -0.15) is 0 Å². The van der Waals surface area contributed by atoms with Gasteiger partial charge in [0.2, 0.25) is 0 Å². The molecule has 4 N–H and O–H groups in total. The molecule has 35 heavy (non-hydrogen) atoms. The molecule has 0 saturated heterocycles. The molecule has 176 valence electrons. The number of hydrogen-bond donors (Lipinski definition) is 3. The summed E-state index contributed by atoms with van der Waals surface area (Å²) in [6, 6.07) is 22.1. The Kier molecular flexibility index (Phi) is 5.92. The molecule has 8 heteroatoms. The average Bonchev–Trinajstić information content (AvgIpc) is 3.29. The number of pyridine rings is 2. The van der Waals surface area contributed by atoms with Crippen molar-refractivity contribution in [2.24, 2.45) is 5.73 Å². The normalized spacial score (nSPS) is 14.3. The van der Waals surface area contributed by atoms with Gasteiger partial charge in [0.15, 0.2) is 0 Å². The molecule has 0 bridgehead atoms. The molecule has 2 heterocycles. The fourth-order valence-corrected chi connectivity index (χ4v) is 5.80. The van der Waals surface area contributed by atoms with Crippen molar-refractivity contribution in [3.8, 4) is 11.1 Å². The first-order chi connectivity index (χ1) is 17.0. The van der Waals surface area contributed by atoms with Gasteiger partial charge >= 0.3 is 0 Å². The zero-order valence-electron chi connectivity index (χ0n) is 19.0. The molecule has 0 spiro atoms. The Morgan fingerprint density at radius 1 is 0.943 bits per heavy atom. The highest BCUT2D eigenvalue weighted by Crippen LogP contribution is 2.39. The van der Waals surface area contributed by atoms with E-state index in [0.717, 1.165) is 30.3 Å². The minimum atomic E-state index is -3.86. The van der Waals surface area contributed by atoms with E-state index in [1.54, 1.807) is 30.5 Å². The van der Waals surface area contributed by atoms with Gasteiger partial charge in [-0.3, -0.25) is 9.71 Å². The topological polar surface area (TPSA) is 122 Å². The SMILES string of the molecule is N=Cc1c(-c2ccnc(C3(CN)Cc4ccccc4C3)c2)ccnc1NS(=O)(=O)c1ccccc1. The summed E-state index contributed by atoms with van der Waals surface area (Å²) in [5.74, 6) is 0.0986. The van der Waals surface area contributed by atoms with Crippen molar-refractivity contribution in [2.45, 2.75) is 23.2 Å². The van der Waals surface area contributed by atoms with Crippen LogP contribution in [0.2, 0.25) is 0 Å². The second kappa shape index (κ2) is 9.05. The number of nitrogens with two attached hydrogens (primary N) is 1. The van der Waals surface area contributed by atoms with Gasteiger partial charge in [-0.1, -0.05) is 42.5 Å². The lowest BCUT2D eigenvalue weighted by atomic mass is 9.80. The fraction of sp³-hybridized carbons (Fsp3) is 0.148. The molecule has 0 unspecified atom stereocenters. The lowest BCUT2D eigenvalue weighted by Gasteiger charge is -2.27. The Bertz CT molecular complexity index is 1480. The molecule has 0 radical (unpaired) electrons. The molecule has 4 aromatic rings. The van der Waals surface area contributed by atoms with Crippen LogP contribution < -0.4 is 10.5 Å². The fourth-order valence-electron chi connectivity index (χ4n) is 4.75. The predicted molar refractivity (Wildman–Crippen MR) is 137 cm³/mol. The largest absolute Gasteiger partial charge is 0.330 e. The van der Waals surface area contributed by atoms with Crippen molar-refractivity contribution in [1.82, 2.24) is 9.97 Å². The summed E-state index contributed by atoms with van der Waals surface area (Å²) < 4.78 is 28.3. The highest BCUT2D eigenvalue weighted by molar-refractivity contribution is 7.92. The second-order valence-corrected chi connectivity index (χ2v) is 10.4. The maximum Gasteiger partial charge on any atom is 0.263 e. The van der Waals surface area contributed by atoms with Gasteiger partial charge < -0.3 is 11.1 Å². The number of rotatable bonds is 7. The molecule has 0 saturated carbocycles. The molecule has 5 rings (SSSR count). The number of aromatic nitrogens is 2. The monoisotopic (exact) mass is 483 g/mol. The van der Waals surface area contributed by atoms with Crippen LogP contribution in [0.4, 0.5) is 5.82 Å². The van der Waals surface area contributed by atoms with Crippen LogP contribution in [0, 0.1) is 5.41 Å². The van der Waals surface area contributed by atoms with Crippen LogP contribution in [-0.4, -0.2) is 31.1 Å². The van der Waals surface area contributed by atoms with Gasteiger partial charge in [0.25, 0.3) is 10.0 Å². The van der Waals surface area contributed by atoms with E-state index in [0.29, 0.717) is 17.7 Å².